The number of benzene rings is 2. The van der Waals surface area contributed by atoms with E-state index in [4.69, 9.17) is 10.5 Å². The molecule has 0 radical (unpaired) electrons. The monoisotopic (exact) mass is 334 g/mol. The van der Waals surface area contributed by atoms with Crippen LogP contribution >= 0.6 is 15.9 Å². The fourth-order valence-corrected chi connectivity index (χ4v) is 2.18. The van der Waals surface area contributed by atoms with Crippen LogP contribution < -0.4 is 15.8 Å². The number of hydrogen-bond donors (Lipinski definition) is 2. The molecule has 0 aliphatic rings. The van der Waals surface area contributed by atoms with E-state index in [9.17, 15) is 4.79 Å². The summed E-state index contributed by atoms with van der Waals surface area (Å²) in [5, 5.41) is 2.82. The predicted molar refractivity (Wildman–Crippen MR) is 84.2 cm³/mol. The highest BCUT2D eigenvalue weighted by Gasteiger charge is 2.13. The number of methoxy groups -OCH3 is 1. The van der Waals surface area contributed by atoms with E-state index in [1.165, 1.54) is 0 Å². The van der Waals surface area contributed by atoms with Crippen LogP contribution in [0.15, 0.2) is 40.9 Å². The molecule has 104 valence electrons. The lowest BCUT2D eigenvalue weighted by Gasteiger charge is -2.11. The molecule has 0 heterocycles. The normalized spacial score (nSPS) is 10.2. The van der Waals surface area contributed by atoms with Gasteiger partial charge in [0.2, 0.25) is 0 Å². The van der Waals surface area contributed by atoms with Crippen LogP contribution in [0.4, 0.5) is 11.4 Å². The lowest BCUT2D eigenvalue weighted by molar-refractivity contribution is 0.102. The van der Waals surface area contributed by atoms with Crippen LogP contribution in [0.2, 0.25) is 0 Å². The Morgan fingerprint density at radius 1 is 1.25 bits per heavy atom. The van der Waals surface area contributed by atoms with Gasteiger partial charge in [0.05, 0.1) is 12.7 Å². The van der Waals surface area contributed by atoms with Crippen molar-refractivity contribution in [3.05, 3.63) is 52.0 Å². The van der Waals surface area contributed by atoms with Crippen molar-refractivity contribution in [3.8, 4) is 5.75 Å². The second-order valence-electron chi connectivity index (χ2n) is 4.39. The first-order valence-corrected chi connectivity index (χ1v) is 6.81. The molecule has 2 rings (SSSR count). The van der Waals surface area contributed by atoms with E-state index >= 15 is 0 Å². The van der Waals surface area contributed by atoms with Gasteiger partial charge in [-0.1, -0.05) is 11.6 Å². The molecule has 0 fully saturated rings. The van der Waals surface area contributed by atoms with Crippen molar-refractivity contribution in [3.63, 3.8) is 0 Å². The topological polar surface area (TPSA) is 64.3 Å². The maximum Gasteiger partial charge on any atom is 0.259 e. The van der Waals surface area contributed by atoms with Gasteiger partial charge in [0.25, 0.3) is 5.91 Å². The van der Waals surface area contributed by atoms with E-state index in [0.717, 1.165) is 10.0 Å². The highest BCUT2D eigenvalue weighted by Crippen LogP contribution is 2.25. The van der Waals surface area contributed by atoms with Gasteiger partial charge < -0.3 is 15.8 Å². The highest BCUT2D eigenvalue weighted by molar-refractivity contribution is 9.10. The van der Waals surface area contributed by atoms with E-state index in [1.54, 1.807) is 37.4 Å². The molecule has 0 saturated carbocycles. The number of nitrogen functional groups attached to an aromatic ring is 1. The minimum atomic E-state index is -0.220. The molecular formula is C15H15BrN2O2. The number of nitrogens with one attached hydrogen (secondary N) is 1. The highest BCUT2D eigenvalue weighted by atomic mass is 79.9. The van der Waals surface area contributed by atoms with Crippen molar-refractivity contribution in [2.75, 3.05) is 18.2 Å². The minimum Gasteiger partial charge on any atom is -0.496 e. The van der Waals surface area contributed by atoms with E-state index in [0.29, 0.717) is 22.7 Å². The first-order chi connectivity index (χ1) is 9.51. The molecule has 0 aromatic heterocycles. The van der Waals surface area contributed by atoms with E-state index in [1.807, 2.05) is 13.0 Å². The molecule has 1 amide bonds. The number of halogens is 1. The molecule has 3 N–H and O–H groups in total. The molecule has 5 heteroatoms. The summed E-state index contributed by atoms with van der Waals surface area (Å²) < 4.78 is 5.95. The summed E-state index contributed by atoms with van der Waals surface area (Å²) in [6.45, 7) is 1.93. The lowest BCUT2D eigenvalue weighted by Crippen LogP contribution is -2.13. The van der Waals surface area contributed by atoms with Gasteiger partial charge in [0.1, 0.15) is 5.75 Å². The number of hydrogen-bond acceptors (Lipinski definition) is 3. The van der Waals surface area contributed by atoms with Gasteiger partial charge in [0.15, 0.2) is 0 Å². The number of carbonyl (C=O) groups is 1. The van der Waals surface area contributed by atoms with Crippen LogP contribution in [0.25, 0.3) is 0 Å². The fraction of sp³-hybridized carbons (Fsp3) is 0.133. The molecule has 0 unspecified atom stereocenters. The van der Waals surface area contributed by atoms with Gasteiger partial charge >= 0.3 is 0 Å². The summed E-state index contributed by atoms with van der Waals surface area (Å²) in [6.07, 6.45) is 0. The third kappa shape index (κ3) is 3.11. The quantitative estimate of drug-likeness (QED) is 0.843. The molecule has 4 nitrogen and oxygen atoms in total. The first-order valence-electron chi connectivity index (χ1n) is 6.02. The Labute approximate surface area is 126 Å². The Morgan fingerprint density at radius 3 is 2.65 bits per heavy atom. The number of anilines is 2. The Kier molecular flexibility index (Phi) is 4.29. The zero-order valence-electron chi connectivity index (χ0n) is 11.2. The van der Waals surface area contributed by atoms with Gasteiger partial charge in [-0.25, -0.2) is 0 Å². The van der Waals surface area contributed by atoms with E-state index < -0.39 is 0 Å². The van der Waals surface area contributed by atoms with Gasteiger partial charge in [0, 0.05) is 15.8 Å². The number of carbonyl (C=O) groups excluding carboxylic acids is 1. The number of aryl methyl sites for hydroxylation is 1. The largest absolute Gasteiger partial charge is 0.496 e. The Bertz CT molecular complexity index is 656. The maximum absolute atomic E-state index is 12.3. The average Bonchev–Trinajstić information content (AvgIpc) is 2.43. The molecule has 0 spiro atoms. The Balaban J connectivity index is 2.27. The van der Waals surface area contributed by atoms with Crippen LogP contribution in [0.5, 0.6) is 5.75 Å². The molecule has 0 atom stereocenters. The second-order valence-corrected chi connectivity index (χ2v) is 5.25. The third-order valence-electron chi connectivity index (χ3n) is 2.86. The van der Waals surface area contributed by atoms with Gasteiger partial charge in [-0.2, -0.15) is 0 Å². The second kappa shape index (κ2) is 5.96. The molecule has 20 heavy (non-hydrogen) atoms. The van der Waals surface area contributed by atoms with Crippen molar-refractivity contribution in [2.45, 2.75) is 6.92 Å². The molecular weight excluding hydrogens is 320 g/mol. The maximum atomic E-state index is 12.3. The van der Waals surface area contributed by atoms with Crippen LogP contribution in [-0.4, -0.2) is 13.0 Å². The molecule has 0 bridgehead atoms. The fourth-order valence-electron chi connectivity index (χ4n) is 1.80. The van der Waals surface area contributed by atoms with Crippen molar-refractivity contribution >= 4 is 33.2 Å². The molecule has 0 aliphatic carbocycles. The molecule has 2 aromatic carbocycles. The predicted octanol–water partition coefficient (Wildman–Crippen LogP) is 3.60. The summed E-state index contributed by atoms with van der Waals surface area (Å²) in [4.78, 5) is 12.3. The van der Waals surface area contributed by atoms with Gasteiger partial charge in [-0.15, -0.1) is 0 Å². The number of rotatable bonds is 3. The number of amides is 1. The smallest absolute Gasteiger partial charge is 0.259 e. The summed E-state index contributed by atoms with van der Waals surface area (Å²) in [6, 6.07) is 10.7. The lowest BCUT2D eigenvalue weighted by atomic mass is 10.1. The summed E-state index contributed by atoms with van der Waals surface area (Å²) in [7, 11) is 1.54. The summed E-state index contributed by atoms with van der Waals surface area (Å²) in [5.41, 5.74) is 8.50. The summed E-state index contributed by atoms with van der Waals surface area (Å²) >= 11 is 3.33. The van der Waals surface area contributed by atoms with Crippen LogP contribution in [0.3, 0.4) is 0 Å². The Hall–Kier alpha value is -2.01. The van der Waals surface area contributed by atoms with Crippen molar-refractivity contribution in [2.24, 2.45) is 0 Å². The SMILES string of the molecule is COc1ccc(C)cc1C(=O)Nc1ccc(N)c(Br)c1. The van der Waals surface area contributed by atoms with E-state index in [-0.39, 0.29) is 5.91 Å². The zero-order valence-corrected chi connectivity index (χ0v) is 12.8. The minimum absolute atomic E-state index is 0.220. The van der Waals surface area contributed by atoms with Crippen LogP contribution in [0, 0.1) is 6.92 Å². The molecule has 0 aliphatic heterocycles. The number of nitrogens with two attached hydrogens (primary N) is 1. The van der Waals surface area contributed by atoms with Crippen LogP contribution in [0.1, 0.15) is 15.9 Å². The van der Waals surface area contributed by atoms with Crippen molar-refractivity contribution < 1.29 is 9.53 Å². The van der Waals surface area contributed by atoms with Crippen molar-refractivity contribution in [1.29, 1.82) is 0 Å². The average molecular weight is 335 g/mol. The van der Waals surface area contributed by atoms with E-state index in [2.05, 4.69) is 21.2 Å². The van der Waals surface area contributed by atoms with Gasteiger partial charge in [-0.05, 0) is 53.2 Å². The van der Waals surface area contributed by atoms with Crippen LogP contribution in [-0.2, 0) is 0 Å². The standard InChI is InChI=1S/C15H15BrN2O2/c1-9-3-6-14(20-2)11(7-9)15(19)18-10-4-5-13(17)12(16)8-10/h3-8H,17H2,1-2H3,(H,18,19). The number of ether oxygens (including phenoxy) is 1. The molecule has 0 saturated heterocycles. The zero-order chi connectivity index (χ0) is 14.7. The first kappa shape index (κ1) is 14.4. The Morgan fingerprint density at radius 2 is 2.00 bits per heavy atom. The molecule has 2 aromatic rings. The van der Waals surface area contributed by atoms with Crippen molar-refractivity contribution in [1.82, 2.24) is 0 Å². The summed E-state index contributed by atoms with van der Waals surface area (Å²) in [5.74, 6) is 0.324. The third-order valence-corrected chi connectivity index (χ3v) is 3.54. The van der Waals surface area contributed by atoms with Gasteiger partial charge in [-0.3, -0.25) is 4.79 Å².